The number of hydrogen-bond acceptors (Lipinski definition) is 2. The Labute approximate surface area is 125 Å². The topological polar surface area (TPSA) is 44.1 Å². The highest BCUT2D eigenvalue weighted by Gasteiger charge is 2.25. The molecule has 0 bridgehead atoms. The molecule has 1 atom stereocenters. The van der Waals surface area contributed by atoms with Crippen molar-refractivity contribution in [1.82, 2.24) is 0 Å². The molecule has 0 aliphatic heterocycles. The van der Waals surface area contributed by atoms with Gasteiger partial charge in [-0.2, -0.15) is 5.26 Å². The summed E-state index contributed by atoms with van der Waals surface area (Å²) in [5, 5.41) is 9.39. The first-order valence-corrected chi connectivity index (χ1v) is 7.00. The molecular weight excluding hydrogens is 260 g/mol. The Bertz CT molecular complexity index is 641. The maximum Gasteiger partial charge on any atom is 0.248 e. The smallest absolute Gasteiger partial charge is 0.248 e. The Kier molecular flexibility index (Phi) is 4.73. The minimum atomic E-state index is -0.771. The Balaban J connectivity index is 2.31. The highest BCUT2D eigenvalue weighted by atomic mass is 16.2. The number of carbonyl (C=O) groups excluding carboxylic acids is 1. The van der Waals surface area contributed by atoms with Gasteiger partial charge in [0.1, 0.15) is 0 Å². The molecule has 0 heterocycles. The zero-order chi connectivity index (χ0) is 15.2. The molecule has 0 fully saturated rings. The normalized spacial score (nSPS) is 11.5. The van der Waals surface area contributed by atoms with Gasteiger partial charge < -0.3 is 4.90 Å². The Morgan fingerprint density at radius 3 is 2.29 bits per heavy atom. The van der Waals surface area contributed by atoms with Gasteiger partial charge in [0.05, 0.1) is 6.07 Å². The van der Waals surface area contributed by atoms with Crippen molar-refractivity contribution in [3.8, 4) is 6.07 Å². The third-order valence-electron chi connectivity index (χ3n) is 3.44. The molecule has 0 spiro atoms. The van der Waals surface area contributed by atoms with E-state index in [1.54, 1.807) is 4.90 Å². The number of aryl methyl sites for hydroxylation is 1. The molecule has 0 aromatic heterocycles. The Hall–Kier alpha value is -2.60. The number of amides is 1. The van der Waals surface area contributed by atoms with Crippen molar-refractivity contribution < 1.29 is 4.79 Å². The highest BCUT2D eigenvalue weighted by molar-refractivity contribution is 5.99. The summed E-state index contributed by atoms with van der Waals surface area (Å²) in [6.45, 7) is 4.45. The first-order chi connectivity index (χ1) is 10.2. The lowest BCUT2D eigenvalue weighted by atomic mass is 9.99. The van der Waals surface area contributed by atoms with Gasteiger partial charge in [-0.25, -0.2) is 0 Å². The molecule has 0 saturated heterocycles. The van der Waals surface area contributed by atoms with Crippen molar-refractivity contribution in [2.75, 3.05) is 11.4 Å². The molecule has 1 unspecified atom stereocenters. The molecular formula is C18H18N2O. The van der Waals surface area contributed by atoms with Crippen LogP contribution in [0.3, 0.4) is 0 Å². The summed E-state index contributed by atoms with van der Waals surface area (Å²) < 4.78 is 0. The summed E-state index contributed by atoms with van der Waals surface area (Å²) in [6, 6.07) is 19.1. The van der Waals surface area contributed by atoms with E-state index in [1.165, 1.54) is 0 Å². The third-order valence-corrected chi connectivity index (χ3v) is 3.44. The average molecular weight is 278 g/mol. The first-order valence-electron chi connectivity index (χ1n) is 7.00. The molecule has 2 aromatic carbocycles. The van der Waals surface area contributed by atoms with Crippen LogP contribution < -0.4 is 4.90 Å². The Morgan fingerprint density at radius 1 is 1.14 bits per heavy atom. The van der Waals surface area contributed by atoms with Crippen LogP contribution in [0.15, 0.2) is 54.6 Å². The second-order valence-electron chi connectivity index (χ2n) is 4.89. The second kappa shape index (κ2) is 6.71. The van der Waals surface area contributed by atoms with Crippen LogP contribution >= 0.6 is 0 Å². The van der Waals surface area contributed by atoms with Crippen LogP contribution in [-0.4, -0.2) is 12.5 Å². The van der Waals surface area contributed by atoms with Gasteiger partial charge in [0, 0.05) is 12.2 Å². The minimum Gasteiger partial charge on any atom is -0.311 e. The summed E-state index contributed by atoms with van der Waals surface area (Å²) in [7, 11) is 0. The van der Waals surface area contributed by atoms with Crippen molar-refractivity contribution in [3.63, 3.8) is 0 Å². The zero-order valence-electron chi connectivity index (χ0n) is 12.3. The van der Waals surface area contributed by atoms with E-state index in [1.807, 2.05) is 68.4 Å². The number of anilines is 1. The molecule has 0 N–H and O–H groups in total. The summed E-state index contributed by atoms with van der Waals surface area (Å²) in [5.74, 6) is -0.956. The van der Waals surface area contributed by atoms with E-state index in [0.717, 1.165) is 16.8 Å². The van der Waals surface area contributed by atoms with Crippen LogP contribution in [0.2, 0.25) is 0 Å². The predicted molar refractivity (Wildman–Crippen MR) is 84.0 cm³/mol. The summed E-state index contributed by atoms with van der Waals surface area (Å²) in [4.78, 5) is 14.3. The largest absolute Gasteiger partial charge is 0.311 e. The fourth-order valence-electron chi connectivity index (χ4n) is 2.26. The van der Waals surface area contributed by atoms with Crippen LogP contribution in [0.1, 0.15) is 24.0 Å². The van der Waals surface area contributed by atoms with Crippen molar-refractivity contribution in [2.24, 2.45) is 0 Å². The lowest BCUT2D eigenvalue weighted by Gasteiger charge is -2.23. The molecule has 3 heteroatoms. The number of benzene rings is 2. The summed E-state index contributed by atoms with van der Waals surface area (Å²) in [5.41, 5.74) is 2.70. The van der Waals surface area contributed by atoms with E-state index >= 15 is 0 Å². The molecule has 21 heavy (non-hydrogen) atoms. The molecule has 3 nitrogen and oxygen atoms in total. The molecule has 0 aliphatic rings. The first kappa shape index (κ1) is 14.8. The number of nitriles is 1. The molecule has 2 rings (SSSR count). The van der Waals surface area contributed by atoms with E-state index in [4.69, 9.17) is 0 Å². The maximum atomic E-state index is 12.7. The SMILES string of the molecule is CCN(C(=O)C(C#N)c1ccccc1)c1ccc(C)cc1. The molecule has 2 aromatic rings. The molecule has 1 amide bonds. The van der Waals surface area contributed by atoms with Gasteiger partial charge in [-0.1, -0.05) is 48.0 Å². The standard InChI is InChI=1S/C18H18N2O/c1-3-20(16-11-9-14(2)10-12-16)18(21)17(13-19)15-7-5-4-6-8-15/h4-12,17H,3H2,1-2H3. The van der Waals surface area contributed by atoms with E-state index in [-0.39, 0.29) is 5.91 Å². The van der Waals surface area contributed by atoms with Gasteiger partial charge >= 0.3 is 0 Å². The minimum absolute atomic E-state index is 0.185. The lowest BCUT2D eigenvalue weighted by Crippen LogP contribution is -2.34. The van der Waals surface area contributed by atoms with Gasteiger partial charge in [0.25, 0.3) is 0 Å². The van der Waals surface area contributed by atoms with Gasteiger partial charge in [0.2, 0.25) is 5.91 Å². The molecule has 0 aliphatic carbocycles. The molecule has 0 saturated carbocycles. The van der Waals surface area contributed by atoms with Crippen LogP contribution in [0.4, 0.5) is 5.69 Å². The monoisotopic (exact) mass is 278 g/mol. The van der Waals surface area contributed by atoms with Gasteiger partial charge in [-0.3, -0.25) is 4.79 Å². The summed E-state index contributed by atoms with van der Waals surface area (Å²) >= 11 is 0. The fraction of sp³-hybridized carbons (Fsp3) is 0.222. The molecule has 106 valence electrons. The second-order valence-corrected chi connectivity index (χ2v) is 4.89. The predicted octanol–water partition coefficient (Wildman–Crippen LogP) is 3.66. The molecule has 0 radical (unpaired) electrons. The number of carbonyl (C=O) groups is 1. The van der Waals surface area contributed by atoms with Gasteiger partial charge in [-0.15, -0.1) is 0 Å². The quantitative estimate of drug-likeness (QED) is 0.856. The average Bonchev–Trinajstić information content (AvgIpc) is 2.52. The number of rotatable bonds is 4. The number of likely N-dealkylation sites (N-methyl/N-ethyl adjacent to an activating group) is 1. The maximum absolute atomic E-state index is 12.7. The highest BCUT2D eigenvalue weighted by Crippen LogP contribution is 2.22. The third kappa shape index (κ3) is 3.29. The van der Waals surface area contributed by atoms with Crippen LogP contribution in [0.25, 0.3) is 0 Å². The van der Waals surface area contributed by atoms with E-state index in [9.17, 15) is 10.1 Å². The zero-order valence-corrected chi connectivity index (χ0v) is 12.3. The van der Waals surface area contributed by atoms with Crippen LogP contribution in [0, 0.1) is 18.3 Å². The van der Waals surface area contributed by atoms with Crippen molar-refractivity contribution in [2.45, 2.75) is 19.8 Å². The lowest BCUT2D eigenvalue weighted by molar-refractivity contribution is -0.118. The van der Waals surface area contributed by atoms with Gasteiger partial charge in [-0.05, 0) is 31.5 Å². The van der Waals surface area contributed by atoms with Crippen LogP contribution in [-0.2, 0) is 4.79 Å². The summed E-state index contributed by atoms with van der Waals surface area (Å²) in [6.07, 6.45) is 0. The van der Waals surface area contributed by atoms with Gasteiger partial charge in [0.15, 0.2) is 5.92 Å². The van der Waals surface area contributed by atoms with E-state index < -0.39 is 5.92 Å². The van der Waals surface area contributed by atoms with Crippen molar-refractivity contribution in [3.05, 3.63) is 65.7 Å². The number of hydrogen-bond donors (Lipinski definition) is 0. The van der Waals surface area contributed by atoms with Crippen LogP contribution in [0.5, 0.6) is 0 Å². The van der Waals surface area contributed by atoms with Crippen molar-refractivity contribution >= 4 is 11.6 Å². The van der Waals surface area contributed by atoms with E-state index in [2.05, 4.69) is 6.07 Å². The fourth-order valence-corrected chi connectivity index (χ4v) is 2.26. The number of nitrogens with zero attached hydrogens (tertiary/aromatic N) is 2. The van der Waals surface area contributed by atoms with E-state index in [0.29, 0.717) is 6.54 Å². The Morgan fingerprint density at radius 2 is 1.76 bits per heavy atom. The van der Waals surface area contributed by atoms with Crippen molar-refractivity contribution in [1.29, 1.82) is 5.26 Å².